The molecule has 0 atom stereocenters. The predicted molar refractivity (Wildman–Crippen MR) is 67.5 cm³/mol. The van der Waals surface area contributed by atoms with Crippen molar-refractivity contribution in [1.82, 2.24) is 4.98 Å². The zero-order chi connectivity index (χ0) is 12.4. The summed E-state index contributed by atoms with van der Waals surface area (Å²) < 4.78 is 5.01. The molecule has 3 rings (SSSR count). The molecule has 18 heavy (non-hydrogen) atoms. The molecule has 0 aromatic carbocycles. The molecule has 92 valence electrons. The topological polar surface area (TPSA) is 67.2 Å². The van der Waals surface area contributed by atoms with Crippen molar-refractivity contribution in [1.29, 1.82) is 0 Å². The SMILES string of the molecule is O=C(Nc1ccc(NC2CC2)nc1)c1ccco1. The van der Waals surface area contributed by atoms with Crippen LogP contribution < -0.4 is 10.6 Å². The Morgan fingerprint density at radius 1 is 1.33 bits per heavy atom. The Kier molecular flexibility index (Phi) is 2.72. The van der Waals surface area contributed by atoms with Crippen LogP contribution in [-0.4, -0.2) is 16.9 Å². The standard InChI is InChI=1S/C13H13N3O2/c17-13(11-2-1-7-18-11)16-10-5-6-12(14-8-10)15-9-3-4-9/h1-2,5-9H,3-4H2,(H,14,15)(H,16,17). The minimum atomic E-state index is -0.273. The maximum atomic E-state index is 11.7. The van der Waals surface area contributed by atoms with Crippen molar-refractivity contribution >= 4 is 17.4 Å². The van der Waals surface area contributed by atoms with Gasteiger partial charge in [0, 0.05) is 6.04 Å². The van der Waals surface area contributed by atoms with E-state index in [0.717, 1.165) is 5.82 Å². The largest absolute Gasteiger partial charge is 0.459 e. The van der Waals surface area contributed by atoms with Gasteiger partial charge in [0.1, 0.15) is 5.82 Å². The first-order chi connectivity index (χ1) is 8.81. The molecule has 0 spiro atoms. The van der Waals surface area contributed by atoms with Crippen LogP contribution in [0.15, 0.2) is 41.1 Å². The molecule has 0 bridgehead atoms. The Hall–Kier alpha value is -2.30. The minimum absolute atomic E-state index is 0.273. The van der Waals surface area contributed by atoms with Crippen molar-refractivity contribution in [3.8, 4) is 0 Å². The van der Waals surface area contributed by atoms with E-state index in [-0.39, 0.29) is 11.7 Å². The van der Waals surface area contributed by atoms with Gasteiger partial charge in [0.15, 0.2) is 5.76 Å². The average Bonchev–Trinajstić information content (AvgIpc) is 3.02. The number of amides is 1. The van der Waals surface area contributed by atoms with Crippen molar-refractivity contribution in [2.75, 3.05) is 10.6 Å². The van der Waals surface area contributed by atoms with Gasteiger partial charge in [-0.3, -0.25) is 4.79 Å². The van der Waals surface area contributed by atoms with Crippen molar-refractivity contribution in [3.05, 3.63) is 42.5 Å². The van der Waals surface area contributed by atoms with Gasteiger partial charge in [-0.05, 0) is 37.1 Å². The van der Waals surface area contributed by atoms with E-state index in [4.69, 9.17) is 4.42 Å². The van der Waals surface area contributed by atoms with Gasteiger partial charge in [-0.2, -0.15) is 0 Å². The lowest BCUT2D eigenvalue weighted by Gasteiger charge is -2.05. The minimum Gasteiger partial charge on any atom is -0.459 e. The van der Waals surface area contributed by atoms with Crippen LogP contribution in [0.3, 0.4) is 0 Å². The average molecular weight is 243 g/mol. The molecule has 2 aromatic heterocycles. The molecule has 5 heteroatoms. The monoisotopic (exact) mass is 243 g/mol. The normalized spacial score (nSPS) is 14.2. The molecular weight excluding hydrogens is 230 g/mol. The van der Waals surface area contributed by atoms with E-state index >= 15 is 0 Å². The first-order valence-electron chi connectivity index (χ1n) is 5.89. The lowest BCUT2D eigenvalue weighted by atomic mass is 10.3. The maximum Gasteiger partial charge on any atom is 0.291 e. The van der Waals surface area contributed by atoms with Crippen molar-refractivity contribution in [2.24, 2.45) is 0 Å². The van der Waals surface area contributed by atoms with Crippen LogP contribution in [0.4, 0.5) is 11.5 Å². The van der Waals surface area contributed by atoms with E-state index in [1.54, 1.807) is 18.3 Å². The summed E-state index contributed by atoms with van der Waals surface area (Å²) in [5.41, 5.74) is 0.651. The fourth-order valence-electron chi connectivity index (χ4n) is 1.59. The first kappa shape index (κ1) is 10.8. The van der Waals surface area contributed by atoms with Gasteiger partial charge in [0.2, 0.25) is 0 Å². The summed E-state index contributed by atoms with van der Waals surface area (Å²) in [6, 6.07) is 7.54. The quantitative estimate of drug-likeness (QED) is 0.865. The molecule has 1 saturated carbocycles. The van der Waals surface area contributed by atoms with Crippen LogP contribution in [0.2, 0.25) is 0 Å². The van der Waals surface area contributed by atoms with E-state index < -0.39 is 0 Å². The van der Waals surface area contributed by atoms with E-state index in [0.29, 0.717) is 11.7 Å². The first-order valence-corrected chi connectivity index (χ1v) is 5.89. The van der Waals surface area contributed by atoms with Gasteiger partial charge in [-0.25, -0.2) is 4.98 Å². The second kappa shape index (κ2) is 4.52. The highest BCUT2D eigenvalue weighted by Crippen LogP contribution is 2.23. The second-order valence-electron chi connectivity index (χ2n) is 4.28. The van der Waals surface area contributed by atoms with Crippen LogP contribution in [-0.2, 0) is 0 Å². The smallest absolute Gasteiger partial charge is 0.291 e. The van der Waals surface area contributed by atoms with E-state index in [9.17, 15) is 4.79 Å². The zero-order valence-electron chi connectivity index (χ0n) is 9.72. The Morgan fingerprint density at radius 2 is 2.22 bits per heavy atom. The lowest BCUT2D eigenvalue weighted by Crippen LogP contribution is -2.11. The van der Waals surface area contributed by atoms with Gasteiger partial charge < -0.3 is 15.1 Å². The van der Waals surface area contributed by atoms with Crippen molar-refractivity contribution in [2.45, 2.75) is 18.9 Å². The van der Waals surface area contributed by atoms with Gasteiger partial charge >= 0.3 is 0 Å². The highest BCUT2D eigenvalue weighted by atomic mass is 16.3. The second-order valence-corrected chi connectivity index (χ2v) is 4.28. The Bertz CT molecular complexity index is 530. The predicted octanol–water partition coefficient (Wildman–Crippen LogP) is 2.50. The van der Waals surface area contributed by atoms with Gasteiger partial charge in [-0.1, -0.05) is 0 Å². The van der Waals surface area contributed by atoms with Gasteiger partial charge in [0.25, 0.3) is 5.91 Å². The molecule has 5 nitrogen and oxygen atoms in total. The van der Waals surface area contributed by atoms with E-state index in [1.165, 1.54) is 19.1 Å². The number of rotatable bonds is 4. The van der Waals surface area contributed by atoms with Gasteiger partial charge in [-0.15, -0.1) is 0 Å². The number of nitrogens with zero attached hydrogens (tertiary/aromatic N) is 1. The number of carbonyl (C=O) groups excluding carboxylic acids is 1. The van der Waals surface area contributed by atoms with Crippen LogP contribution >= 0.6 is 0 Å². The van der Waals surface area contributed by atoms with Crippen molar-refractivity contribution in [3.63, 3.8) is 0 Å². The molecule has 0 unspecified atom stereocenters. The summed E-state index contributed by atoms with van der Waals surface area (Å²) in [5.74, 6) is 0.855. The molecule has 1 amide bonds. The van der Waals surface area contributed by atoms with Crippen LogP contribution in [0.5, 0.6) is 0 Å². The lowest BCUT2D eigenvalue weighted by molar-refractivity contribution is 0.0996. The molecule has 0 saturated heterocycles. The molecule has 1 fully saturated rings. The molecule has 2 N–H and O–H groups in total. The number of furan rings is 1. The van der Waals surface area contributed by atoms with Crippen LogP contribution in [0.1, 0.15) is 23.4 Å². The molecule has 0 aliphatic heterocycles. The Labute approximate surface area is 104 Å². The number of pyridine rings is 1. The third-order valence-corrected chi connectivity index (χ3v) is 2.70. The van der Waals surface area contributed by atoms with E-state index in [1.807, 2.05) is 12.1 Å². The molecule has 2 aromatic rings. The molecule has 2 heterocycles. The molecule has 1 aliphatic rings. The maximum absolute atomic E-state index is 11.7. The fraction of sp³-hybridized carbons (Fsp3) is 0.231. The zero-order valence-corrected chi connectivity index (χ0v) is 9.72. The Balaban J connectivity index is 1.63. The summed E-state index contributed by atoms with van der Waals surface area (Å²) in [5, 5.41) is 6.00. The number of nitrogens with one attached hydrogen (secondary N) is 2. The Morgan fingerprint density at radius 3 is 2.83 bits per heavy atom. The van der Waals surface area contributed by atoms with E-state index in [2.05, 4.69) is 15.6 Å². The fourth-order valence-corrected chi connectivity index (χ4v) is 1.59. The molecule has 1 aliphatic carbocycles. The van der Waals surface area contributed by atoms with Gasteiger partial charge in [0.05, 0.1) is 18.1 Å². The summed E-state index contributed by atoms with van der Waals surface area (Å²) in [6.07, 6.45) is 5.51. The third-order valence-electron chi connectivity index (χ3n) is 2.70. The summed E-state index contributed by atoms with van der Waals surface area (Å²) in [4.78, 5) is 15.9. The number of anilines is 2. The summed E-state index contributed by atoms with van der Waals surface area (Å²) in [7, 11) is 0. The highest BCUT2D eigenvalue weighted by molar-refractivity contribution is 6.02. The molecule has 0 radical (unpaired) electrons. The number of hydrogen-bond acceptors (Lipinski definition) is 4. The van der Waals surface area contributed by atoms with Crippen LogP contribution in [0, 0.1) is 0 Å². The molecular formula is C13H13N3O2. The number of aromatic nitrogens is 1. The third kappa shape index (κ3) is 2.51. The van der Waals surface area contributed by atoms with Crippen LogP contribution in [0.25, 0.3) is 0 Å². The van der Waals surface area contributed by atoms with Crippen molar-refractivity contribution < 1.29 is 9.21 Å². The number of carbonyl (C=O) groups is 1. The number of hydrogen-bond donors (Lipinski definition) is 2. The highest BCUT2D eigenvalue weighted by Gasteiger charge is 2.21. The summed E-state index contributed by atoms with van der Waals surface area (Å²) >= 11 is 0. The summed E-state index contributed by atoms with van der Waals surface area (Å²) in [6.45, 7) is 0.